The van der Waals surface area contributed by atoms with Crippen molar-refractivity contribution >= 4 is 21.7 Å². The molecule has 19 heavy (non-hydrogen) atoms. The fourth-order valence-electron chi connectivity index (χ4n) is 4.28. The van der Waals surface area contributed by atoms with Gasteiger partial charge in [-0.05, 0) is 51.9 Å². The Morgan fingerprint density at radius 2 is 2.21 bits per heavy atom. The minimum Gasteiger partial charge on any atom is -0.365 e. The smallest absolute Gasteiger partial charge is 0.267 e. The summed E-state index contributed by atoms with van der Waals surface area (Å²) in [6.07, 6.45) is 5.32. The summed E-state index contributed by atoms with van der Waals surface area (Å²) in [5.74, 6) is 1.44. The van der Waals surface area contributed by atoms with Crippen LogP contribution >= 0.6 is 15.9 Å². The summed E-state index contributed by atoms with van der Waals surface area (Å²) >= 11 is 3.33. The molecule has 0 amide bonds. The van der Waals surface area contributed by atoms with Gasteiger partial charge in [0.1, 0.15) is 10.3 Å². The summed E-state index contributed by atoms with van der Waals surface area (Å²) in [5, 5.41) is 3.53. The zero-order valence-electron chi connectivity index (χ0n) is 11.6. The standard InChI is InChI=1S/C14H20BrN3O/c1-13(2)8-4-5-14(3,6-8)12(13)18-10-9(15)11(19)17-7-16-10/h7-8,12H,4-6H2,1-3H3,(H2,16,17,18,19). The number of anilines is 1. The Hall–Kier alpha value is -0.840. The van der Waals surface area contributed by atoms with E-state index in [4.69, 9.17) is 0 Å². The van der Waals surface area contributed by atoms with E-state index in [1.807, 2.05) is 0 Å². The van der Waals surface area contributed by atoms with E-state index in [9.17, 15) is 4.79 Å². The number of nitrogens with zero attached hydrogens (tertiary/aromatic N) is 1. The summed E-state index contributed by atoms with van der Waals surface area (Å²) in [4.78, 5) is 18.5. The topological polar surface area (TPSA) is 57.8 Å². The molecule has 3 unspecified atom stereocenters. The third-order valence-corrected chi connectivity index (χ3v) is 6.08. The van der Waals surface area contributed by atoms with E-state index in [2.05, 4.69) is 52.0 Å². The van der Waals surface area contributed by atoms with Gasteiger partial charge in [-0.15, -0.1) is 0 Å². The lowest BCUT2D eigenvalue weighted by Gasteiger charge is -2.43. The van der Waals surface area contributed by atoms with E-state index < -0.39 is 0 Å². The molecule has 1 heterocycles. The largest absolute Gasteiger partial charge is 0.365 e. The lowest BCUT2D eigenvalue weighted by Crippen LogP contribution is -2.46. The van der Waals surface area contributed by atoms with Crippen LogP contribution in [0.25, 0.3) is 0 Å². The third-order valence-electron chi connectivity index (χ3n) is 5.35. The van der Waals surface area contributed by atoms with Crippen molar-refractivity contribution in [3.05, 3.63) is 21.2 Å². The molecular weight excluding hydrogens is 306 g/mol. The van der Waals surface area contributed by atoms with Crippen LogP contribution in [0.3, 0.4) is 0 Å². The molecule has 3 atom stereocenters. The first-order chi connectivity index (χ1) is 8.84. The average molecular weight is 326 g/mol. The number of hydrogen-bond donors (Lipinski definition) is 2. The number of H-pyrrole nitrogens is 1. The maximum Gasteiger partial charge on any atom is 0.267 e. The molecule has 2 saturated carbocycles. The molecule has 1 aromatic rings. The minimum atomic E-state index is -0.136. The maximum atomic E-state index is 11.6. The van der Waals surface area contributed by atoms with Gasteiger partial charge in [-0.1, -0.05) is 20.8 Å². The Kier molecular flexibility index (Phi) is 2.82. The van der Waals surface area contributed by atoms with Gasteiger partial charge in [0.25, 0.3) is 5.56 Å². The molecule has 5 heteroatoms. The van der Waals surface area contributed by atoms with Crippen LogP contribution in [0.4, 0.5) is 5.82 Å². The van der Waals surface area contributed by atoms with Crippen molar-refractivity contribution in [1.82, 2.24) is 9.97 Å². The lowest BCUT2D eigenvalue weighted by molar-refractivity contribution is 0.155. The first-order valence-corrected chi connectivity index (χ1v) is 7.63. The molecule has 4 nitrogen and oxygen atoms in total. The number of nitrogens with one attached hydrogen (secondary N) is 2. The summed E-state index contributed by atoms with van der Waals surface area (Å²) in [5.41, 5.74) is 0.429. The van der Waals surface area contributed by atoms with Crippen molar-refractivity contribution < 1.29 is 0 Å². The van der Waals surface area contributed by atoms with Gasteiger partial charge < -0.3 is 10.3 Å². The maximum absolute atomic E-state index is 11.6. The van der Waals surface area contributed by atoms with Gasteiger partial charge in [0.15, 0.2) is 0 Å². The van der Waals surface area contributed by atoms with Gasteiger partial charge in [0, 0.05) is 6.04 Å². The van der Waals surface area contributed by atoms with Gasteiger partial charge in [0.05, 0.1) is 6.33 Å². The Balaban J connectivity index is 1.95. The van der Waals surface area contributed by atoms with Crippen LogP contribution in [-0.4, -0.2) is 16.0 Å². The summed E-state index contributed by atoms with van der Waals surface area (Å²) < 4.78 is 0.497. The second kappa shape index (κ2) is 4.08. The van der Waals surface area contributed by atoms with E-state index in [-0.39, 0.29) is 11.0 Å². The average Bonchev–Trinajstić information content (AvgIpc) is 2.81. The molecule has 0 aromatic carbocycles. The molecule has 0 radical (unpaired) electrons. The van der Waals surface area contributed by atoms with Gasteiger partial charge in [-0.2, -0.15) is 0 Å². The van der Waals surface area contributed by atoms with Crippen LogP contribution in [0.1, 0.15) is 40.0 Å². The van der Waals surface area contributed by atoms with Crippen molar-refractivity contribution in [3.63, 3.8) is 0 Å². The molecule has 0 saturated heterocycles. The number of fused-ring (bicyclic) bond motifs is 2. The molecule has 0 aliphatic heterocycles. The molecule has 2 aliphatic carbocycles. The Bertz CT molecular complexity index is 563. The fourth-order valence-corrected chi connectivity index (χ4v) is 4.61. The normalized spacial score (nSPS) is 35.6. The highest BCUT2D eigenvalue weighted by Gasteiger charge is 2.59. The summed E-state index contributed by atoms with van der Waals surface area (Å²) in [6.45, 7) is 7.03. The summed E-state index contributed by atoms with van der Waals surface area (Å²) in [6, 6.07) is 0.365. The molecule has 104 valence electrons. The van der Waals surface area contributed by atoms with Gasteiger partial charge in [0.2, 0.25) is 0 Å². The van der Waals surface area contributed by atoms with Crippen LogP contribution in [0.5, 0.6) is 0 Å². The molecule has 1 aromatic heterocycles. The number of halogens is 1. The first kappa shape index (κ1) is 13.2. The van der Waals surface area contributed by atoms with Crippen LogP contribution in [0.2, 0.25) is 0 Å². The zero-order valence-corrected chi connectivity index (χ0v) is 13.2. The highest BCUT2D eigenvalue weighted by atomic mass is 79.9. The van der Waals surface area contributed by atoms with E-state index in [0.717, 1.165) is 5.92 Å². The Morgan fingerprint density at radius 1 is 1.47 bits per heavy atom. The van der Waals surface area contributed by atoms with Gasteiger partial charge in [-0.3, -0.25) is 4.79 Å². The number of aromatic nitrogens is 2. The van der Waals surface area contributed by atoms with E-state index in [1.165, 1.54) is 25.6 Å². The second-order valence-corrected chi connectivity index (χ2v) is 7.68. The van der Waals surface area contributed by atoms with Gasteiger partial charge >= 0.3 is 0 Å². The third kappa shape index (κ3) is 1.85. The predicted octanol–water partition coefficient (Wildman–Crippen LogP) is 3.16. The Labute approximate surface area is 121 Å². The minimum absolute atomic E-state index is 0.136. The van der Waals surface area contributed by atoms with E-state index in [1.54, 1.807) is 0 Å². The fraction of sp³-hybridized carbons (Fsp3) is 0.714. The molecular formula is C14H20BrN3O. The zero-order chi connectivity index (χ0) is 13.8. The molecule has 2 fully saturated rings. The quantitative estimate of drug-likeness (QED) is 0.878. The van der Waals surface area contributed by atoms with Crippen molar-refractivity contribution in [2.24, 2.45) is 16.7 Å². The second-order valence-electron chi connectivity index (χ2n) is 6.89. The van der Waals surface area contributed by atoms with E-state index in [0.29, 0.717) is 21.7 Å². The Morgan fingerprint density at radius 3 is 2.84 bits per heavy atom. The van der Waals surface area contributed by atoms with Crippen LogP contribution < -0.4 is 10.9 Å². The monoisotopic (exact) mass is 325 g/mol. The summed E-state index contributed by atoms with van der Waals surface area (Å²) in [7, 11) is 0. The lowest BCUT2D eigenvalue weighted by atomic mass is 9.68. The molecule has 2 bridgehead atoms. The van der Waals surface area contributed by atoms with Crippen molar-refractivity contribution in [2.75, 3.05) is 5.32 Å². The number of hydrogen-bond acceptors (Lipinski definition) is 3. The van der Waals surface area contributed by atoms with E-state index >= 15 is 0 Å². The number of rotatable bonds is 2. The molecule has 2 N–H and O–H groups in total. The molecule has 0 spiro atoms. The number of aromatic amines is 1. The van der Waals surface area contributed by atoms with Crippen LogP contribution in [0, 0.1) is 16.7 Å². The highest BCUT2D eigenvalue weighted by molar-refractivity contribution is 9.10. The molecule has 3 rings (SSSR count). The molecule has 2 aliphatic rings. The van der Waals surface area contributed by atoms with Gasteiger partial charge in [-0.25, -0.2) is 4.98 Å². The SMILES string of the molecule is CC12CCC(C1)C(C)(C)C2Nc1nc[nH]c(=O)c1Br. The van der Waals surface area contributed by atoms with Crippen molar-refractivity contribution in [2.45, 2.75) is 46.1 Å². The first-order valence-electron chi connectivity index (χ1n) is 6.84. The highest BCUT2D eigenvalue weighted by Crippen LogP contribution is 2.63. The van der Waals surface area contributed by atoms with Crippen molar-refractivity contribution in [1.29, 1.82) is 0 Å². The predicted molar refractivity (Wildman–Crippen MR) is 79.2 cm³/mol. The van der Waals surface area contributed by atoms with Crippen LogP contribution in [0.15, 0.2) is 15.6 Å². The van der Waals surface area contributed by atoms with Crippen molar-refractivity contribution in [3.8, 4) is 0 Å². The van der Waals surface area contributed by atoms with Crippen LogP contribution in [-0.2, 0) is 0 Å².